The van der Waals surface area contributed by atoms with Crippen molar-refractivity contribution in [1.82, 2.24) is 4.98 Å². The van der Waals surface area contributed by atoms with Crippen molar-refractivity contribution in [3.8, 4) is 0 Å². The SMILES string of the molecule is O=S(=O)(Nc1ccc(Br)cn1)c1ccc2c(c1)CCCC2. The van der Waals surface area contributed by atoms with Crippen molar-refractivity contribution in [2.24, 2.45) is 0 Å². The molecule has 0 aliphatic heterocycles. The third-order valence-corrected chi connectivity index (χ3v) is 5.42. The second-order valence-electron chi connectivity index (χ2n) is 5.10. The van der Waals surface area contributed by atoms with Gasteiger partial charge in [-0.05, 0) is 77.0 Å². The van der Waals surface area contributed by atoms with E-state index in [2.05, 4.69) is 25.6 Å². The Hall–Kier alpha value is -1.40. The van der Waals surface area contributed by atoms with Gasteiger partial charge in [0.05, 0.1) is 4.90 Å². The van der Waals surface area contributed by atoms with Gasteiger partial charge in [0.25, 0.3) is 10.0 Å². The van der Waals surface area contributed by atoms with Crippen LogP contribution < -0.4 is 4.72 Å². The summed E-state index contributed by atoms with van der Waals surface area (Å²) in [5.41, 5.74) is 2.41. The first kappa shape index (κ1) is 14.5. The van der Waals surface area contributed by atoms with Gasteiger partial charge >= 0.3 is 0 Å². The van der Waals surface area contributed by atoms with Crippen LogP contribution in [0.4, 0.5) is 5.82 Å². The van der Waals surface area contributed by atoms with E-state index in [-0.39, 0.29) is 0 Å². The van der Waals surface area contributed by atoms with Crippen LogP contribution in [0.2, 0.25) is 0 Å². The Balaban J connectivity index is 1.89. The molecule has 3 rings (SSSR count). The Kier molecular flexibility index (Phi) is 3.99. The minimum absolute atomic E-state index is 0.299. The summed E-state index contributed by atoms with van der Waals surface area (Å²) in [4.78, 5) is 4.34. The van der Waals surface area contributed by atoms with Gasteiger partial charge in [0, 0.05) is 10.7 Å². The molecule has 1 aromatic carbocycles. The van der Waals surface area contributed by atoms with Crippen LogP contribution in [0, 0.1) is 0 Å². The lowest BCUT2D eigenvalue weighted by Crippen LogP contribution is -2.15. The number of nitrogens with zero attached hydrogens (tertiary/aromatic N) is 1. The molecule has 2 aromatic rings. The zero-order valence-corrected chi connectivity index (χ0v) is 13.7. The number of halogens is 1. The highest BCUT2D eigenvalue weighted by atomic mass is 79.9. The molecule has 0 radical (unpaired) electrons. The average molecular weight is 367 g/mol. The summed E-state index contributed by atoms with van der Waals surface area (Å²) < 4.78 is 28.1. The maximum atomic E-state index is 12.4. The summed E-state index contributed by atoms with van der Waals surface area (Å²) in [6, 6.07) is 8.76. The van der Waals surface area contributed by atoms with E-state index in [1.54, 1.807) is 30.5 Å². The smallest absolute Gasteiger partial charge is 0.263 e. The molecular formula is C15H15BrN2O2S. The van der Waals surface area contributed by atoms with Crippen molar-refractivity contribution in [1.29, 1.82) is 0 Å². The van der Waals surface area contributed by atoms with Gasteiger partial charge in [0.15, 0.2) is 0 Å². The topological polar surface area (TPSA) is 59.1 Å². The lowest BCUT2D eigenvalue weighted by atomic mass is 9.92. The van der Waals surface area contributed by atoms with Gasteiger partial charge in [-0.1, -0.05) is 6.07 Å². The summed E-state index contributed by atoms with van der Waals surface area (Å²) >= 11 is 3.27. The van der Waals surface area contributed by atoms with E-state index >= 15 is 0 Å². The molecule has 0 spiro atoms. The third kappa shape index (κ3) is 3.27. The number of hydrogen-bond donors (Lipinski definition) is 1. The maximum absolute atomic E-state index is 12.4. The van der Waals surface area contributed by atoms with Gasteiger partial charge in [0.2, 0.25) is 0 Å². The third-order valence-electron chi connectivity index (χ3n) is 3.60. The molecule has 1 aromatic heterocycles. The van der Waals surface area contributed by atoms with Gasteiger partial charge in [-0.15, -0.1) is 0 Å². The molecule has 1 N–H and O–H groups in total. The van der Waals surface area contributed by atoms with Crippen LogP contribution in [0.25, 0.3) is 0 Å². The lowest BCUT2D eigenvalue weighted by molar-refractivity contribution is 0.600. The maximum Gasteiger partial charge on any atom is 0.263 e. The summed E-state index contributed by atoms with van der Waals surface area (Å²) in [5.74, 6) is 0.316. The monoisotopic (exact) mass is 366 g/mol. The van der Waals surface area contributed by atoms with Gasteiger partial charge in [0.1, 0.15) is 5.82 Å². The lowest BCUT2D eigenvalue weighted by Gasteiger charge is -2.16. The van der Waals surface area contributed by atoms with Gasteiger partial charge in [-0.2, -0.15) is 0 Å². The van der Waals surface area contributed by atoms with Crippen molar-refractivity contribution in [2.45, 2.75) is 30.6 Å². The highest BCUT2D eigenvalue weighted by Crippen LogP contribution is 2.25. The van der Waals surface area contributed by atoms with Gasteiger partial charge < -0.3 is 0 Å². The second kappa shape index (κ2) is 5.77. The van der Waals surface area contributed by atoms with Crippen LogP contribution in [-0.4, -0.2) is 13.4 Å². The summed E-state index contributed by atoms with van der Waals surface area (Å²) in [6.07, 6.45) is 5.86. The van der Waals surface area contributed by atoms with E-state index < -0.39 is 10.0 Å². The Morgan fingerprint density at radius 3 is 2.52 bits per heavy atom. The normalized spacial score (nSPS) is 14.5. The van der Waals surface area contributed by atoms with Gasteiger partial charge in [-0.3, -0.25) is 4.72 Å². The molecule has 110 valence electrons. The van der Waals surface area contributed by atoms with Crippen molar-refractivity contribution < 1.29 is 8.42 Å². The number of aromatic nitrogens is 1. The number of benzene rings is 1. The number of rotatable bonds is 3. The zero-order valence-electron chi connectivity index (χ0n) is 11.3. The van der Waals surface area contributed by atoms with Crippen LogP contribution in [0.3, 0.4) is 0 Å². The fourth-order valence-corrected chi connectivity index (χ4v) is 3.80. The first-order valence-corrected chi connectivity index (χ1v) is 9.08. The first-order valence-electron chi connectivity index (χ1n) is 6.81. The molecule has 0 amide bonds. The van der Waals surface area contributed by atoms with Crippen LogP contribution in [0.1, 0.15) is 24.0 Å². The van der Waals surface area contributed by atoms with Crippen molar-refractivity contribution in [2.75, 3.05) is 4.72 Å². The Morgan fingerprint density at radius 1 is 1.05 bits per heavy atom. The zero-order chi connectivity index (χ0) is 14.9. The molecule has 0 saturated carbocycles. The fourth-order valence-electron chi connectivity index (χ4n) is 2.51. The molecule has 21 heavy (non-hydrogen) atoms. The summed E-state index contributed by atoms with van der Waals surface area (Å²) in [5, 5.41) is 0. The number of aryl methyl sites for hydroxylation is 2. The first-order chi connectivity index (χ1) is 10.0. The van der Waals surface area contributed by atoms with Crippen LogP contribution in [0.15, 0.2) is 45.9 Å². The minimum Gasteiger partial charge on any atom is -0.263 e. The Labute approximate surface area is 132 Å². The van der Waals surface area contributed by atoms with E-state index in [1.165, 1.54) is 12.0 Å². The fraction of sp³-hybridized carbons (Fsp3) is 0.267. The van der Waals surface area contributed by atoms with Crippen LogP contribution in [0.5, 0.6) is 0 Å². The van der Waals surface area contributed by atoms with E-state index in [0.29, 0.717) is 10.7 Å². The number of fused-ring (bicyclic) bond motifs is 1. The summed E-state index contributed by atoms with van der Waals surface area (Å²) in [6.45, 7) is 0. The number of anilines is 1. The van der Waals surface area contributed by atoms with Crippen LogP contribution in [-0.2, 0) is 22.9 Å². The Bertz CT molecular complexity index is 758. The second-order valence-corrected chi connectivity index (χ2v) is 7.70. The molecule has 4 nitrogen and oxygen atoms in total. The molecule has 0 saturated heterocycles. The Morgan fingerprint density at radius 2 is 1.81 bits per heavy atom. The van der Waals surface area contributed by atoms with Crippen LogP contribution >= 0.6 is 15.9 Å². The van der Waals surface area contributed by atoms with E-state index in [0.717, 1.165) is 29.3 Å². The standard InChI is InChI=1S/C15H15BrN2O2S/c16-13-6-8-15(17-10-13)18-21(19,20)14-7-5-11-3-1-2-4-12(11)9-14/h5-10H,1-4H2,(H,17,18). The molecule has 1 heterocycles. The van der Waals surface area contributed by atoms with E-state index in [1.807, 2.05) is 6.07 Å². The van der Waals surface area contributed by atoms with E-state index in [4.69, 9.17) is 0 Å². The van der Waals surface area contributed by atoms with Gasteiger partial charge in [-0.25, -0.2) is 13.4 Å². The number of sulfonamides is 1. The minimum atomic E-state index is -3.59. The number of pyridine rings is 1. The highest BCUT2D eigenvalue weighted by Gasteiger charge is 2.18. The molecule has 1 aliphatic carbocycles. The van der Waals surface area contributed by atoms with Crippen molar-refractivity contribution in [3.63, 3.8) is 0 Å². The van der Waals surface area contributed by atoms with Crippen molar-refractivity contribution >= 4 is 31.8 Å². The summed E-state index contributed by atoms with van der Waals surface area (Å²) in [7, 11) is -3.59. The predicted molar refractivity (Wildman–Crippen MR) is 85.8 cm³/mol. The molecule has 0 atom stereocenters. The molecule has 1 aliphatic rings. The molecule has 0 unspecified atom stereocenters. The van der Waals surface area contributed by atoms with Crippen molar-refractivity contribution in [3.05, 3.63) is 52.1 Å². The highest BCUT2D eigenvalue weighted by molar-refractivity contribution is 9.10. The molecule has 6 heteroatoms. The molecule has 0 fully saturated rings. The quantitative estimate of drug-likeness (QED) is 0.903. The largest absolute Gasteiger partial charge is 0.263 e. The number of nitrogens with one attached hydrogen (secondary N) is 1. The van der Waals surface area contributed by atoms with E-state index in [9.17, 15) is 8.42 Å². The molecule has 0 bridgehead atoms. The average Bonchev–Trinajstić information content (AvgIpc) is 2.49. The predicted octanol–water partition coefficient (Wildman–Crippen LogP) is 3.52. The number of hydrogen-bond acceptors (Lipinski definition) is 3. The molecular weight excluding hydrogens is 352 g/mol.